The molecule has 0 aliphatic rings. The van der Waals surface area contributed by atoms with Crippen LogP contribution in [0, 0.1) is 0 Å². The van der Waals surface area contributed by atoms with Gasteiger partial charge in [0.2, 0.25) is 0 Å². The average Bonchev–Trinajstić information content (AvgIpc) is 3.93. The molecule has 67 heavy (non-hydrogen) atoms. The first-order chi connectivity index (χ1) is 38.7. The van der Waals surface area contributed by atoms with Gasteiger partial charge in [-0.15, -0.1) is 0 Å². The van der Waals surface area contributed by atoms with Crippen LogP contribution >= 0.6 is 0 Å². The molecule has 0 fully saturated rings. The minimum absolute atomic E-state index is 0.177. The summed E-state index contributed by atoms with van der Waals surface area (Å²) in [6, 6.07) is 48.5. The summed E-state index contributed by atoms with van der Waals surface area (Å²) < 4.78 is 127. The van der Waals surface area contributed by atoms with E-state index in [1.165, 1.54) is 0 Å². The Morgan fingerprint density at radius 2 is 0.881 bits per heavy atom. The monoisotopic (exact) mass is 867 g/mol. The smallest absolute Gasteiger partial charge is 0.143 e. The van der Waals surface area contributed by atoms with E-state index in [9.17, 15) is 8.22 Å². The van der Waals surface area contributed by atoms with Crippen molar-refractivity contribution in [3.63, 3.8) is 0 Å². The second kappa shape index (κ2) is 16.0. The van der Waals surface area contributed by atoms with Gasteiger partial charge in [-0.3, -0.25) is 0 Å². The zero-order valence-electron chi connectivity index (χ0n) is 48.5. The van der Waals surface area contributed by atoms with Crippen molar-refractivity contribution < 1.29 is 22.2 Å². The van der Waals surface area contributed by atoms with Crippen LogP contribution < -0.4 is 4.90 Å². The lowest BCUT2D eigenvalue weighted by molar-refractivity contribution is 0.674. The maximum absolute atomic E-state index is 9.89. The Hall–Kier alpha value is -8.92. The summed E-state index contributed by atoms with van der Waals surface area (Å²) in [6.07, 6.45) is 0. The van der Waals surface area contributed by atoms with E-state index >= 15 is 0 Å². The molecule has 0 aliphatic heterocycles. The molecule has 13 rings (SSSR count). The summed E-state index contributed by atoms with van der Waals surface area (Å²) in [7, 11) is 0. The fraction of sp³-hybridized carbons (Fsp3) is 0. The van der Waals surface area contributed by atoms with E-state index in [4.69, 9.17) is 14.0 Å². The zero-order chi connectivity index (χ0) is 55.6. The van der Waals surface area contributed by atoms with Crippen LogP contribution in [-0.4, -0.2) is 4.57 Å². The third kappa shape index (κ3) is 6.51. The fourth-order valence-electron chi connectivity index (χ4n) is 9.39. The van der Waals surface area contributed by atoms with Crippen LogP contribution in [0.25, 0.3) is 105 Å². The van der Waals surface area contributed by atoms with Crippen molar-refractivity contribution in [1.82, 2.24) is 4.57 Å². The number of nitrogens with zero attached hydrogens (tertiary/aromatic N) is 2. The number of para-hydroxylation sites is 5. The second-order valence-electron chi connectivity index (χ2n) is 16.2. The van der Waals surface area contributed by atoms with Crippen molar-refractivity contribution >= 4 is 71.6 Å². The highest BCUT2D eigenvalue weighted by atomic mass is 16.3. The third-order valence-corrected chi connectivity index (χ3v) is 12.4. The molecule has 13 aromatic rings. The van der Waals surface area contributed by atoms with Crippen LogP contribution in [0.15, 0.2) is 259 Å². The number of benzene rings is 11. The minimum Gasteiger partial charge on any atom is -0.455 e. The summed E-state index contributed by atoms with van der Waals surface area (Å²) in [5, 5.41) is 5.96. The van der Waals surface area contributed by atoms with Crippen LogP contribution in [0.5, 0.6) is 0 Å². The van der Waals surface area contributed by atoms with Gasteiger partial charge in [-0.25, -0.2) is 0 Å². The molecular formula is C64H42N2O. The number of hydrogen-bond acceptors (Lipinski definition) is 2. The number of furan rings is 1. The van der Waals surface area contributed by atoms with Crippen molar-refractivity contribution in [3.05, 3.63) is 254 Å². The zero-order valence-corrected chi connectivity index (χ0v) is 35.5. The van der Waals surface area contributed by atoms with Crippen molar-refractivity contribution in [2.75, 3.05) is 4.90 Å². The van der Waals surface area contributed by atoms with Gasteiger partial charge < -0.3 is 13.9 Å². The molecule has 3 nitrogen and oxygen atoms in total. The Balaban J connectivity index is 1.03. The lowest BCUT2D eigenvalue weighted by Crippen LogP contribution is -2.11. The maximum Gasteiger partial charge on any atom is 0.143 e. The largest absolute Gasteiger partial charge is 0.455 e. The minimum atomic E-state index is -0.788. The SMILES string of the molecule is [2H]c1c([2H])c([2H])c(-c2c([2H])c([2H])c(-c3c([2H])c([2H])c(N(c4ccc(-c5ccccc5-n5c6ccccc6c6ccccc65)cc4)c4ccccc4-c4cccc5c4oc4c6ccccc6ccc54)c([2H])c3[2H])c([2H])c2[2H])c([2H])c1[2H]. The van der Waals surface area contributed by atoms with Gasteiger partial charge >= 0.3 is 0 Å². The van der Waals surface area contributed by atoms with Gasteiger partial charge in [0, 0.05) is 55.0 Å². The standard InChI is InChI=1S/C64H42N2O/c1-2-15-43(16-3-1)44-29-31-45(32-30-44)46-33-38-49(39-34-46)65(60-26-11-9-22-55(60)56-23-14-24-57-58-42-37-47-17-4-5-19-52(47)63(58)67-64(56)57)50-40-35-48(36-41-50)51-18-6-10-25-59(51)66-61-27-12-7-20-53(61)54-21-8-13-28-62(54)66/h1-42H/i1D,2D,3D,15D,16D,29D,30D,31D,32D,33D,34D,38D,39D. The van der Waals surface area contributed by atoms with Crippen LogP contribution in [0.1, 0.15) is 17.8 Å². The van der Waals surface area contributed by atoms with Gasteiger partial charge in [-0.2, -0.15) is 0 Å². The molecule has 0 amide bonds. The van der Waals surface area contributed by atoms with E-state index in [1.54, 1.807) is 4.90 Å². The molecule has 0 radical (unpaired) electrons. The molecule has 0 saturated carbocycles. The topological polar surface area (TPSA) is 21.3 Å². The highest BCUT2D eigenvalue weighted by Crippen LogP contribution is 2.46. The van der Waals surface area contributed by atoms with Gasteiger partial charge in [-0.05, 0) is 87.8 Å². The van der Waals surface area contributed by atoms with Crippen molar-refractivity contribution in [2.24, 2.45) is 0 Å². The Morgan fingerprint density at radius 1 is 0.343 bits per heavy atom. The molecule has 314 valence electrons. The van der Waals surface area contributed by atoms with E-state index < -0.39 is 101 Å². The van der Waals surface area contributed by atoms with Crippen LogP contribution in [-0.2, 0) is 0 Å². The number of aromatic nitrogens is 1. The van der Waals surface area contributed by atoms with Crippen LogP contribution in [0.2, 0.25) is 0 Å². The lowest BCUT2D eigenvalue weighted by Gasteiger charge is -2.28. The molecule has 0 saturated heterocycles. The van der Waals surface area contributed by atoms with E-state index in [0.29, 0.717) is 33.7 Å². The predicted octanol–water partition coefficient (Wildman–Crippen LogP) is 18.0. The first kappa shape index (κ1) is 27.4. The molecule has 0 unspecified atom stereocenters. The number of rotatable bonds is 8. The Morgan fingerprint density at radius 3 is 1.60 bits per heavy atom. The van der Waals surface area contributed by atoms with Crippen molar-refractivity contribution in [1.29, 1.82) is 0 Å². The van der Waals surface area contributed by atoms with Gasteiger partial charge in [0.05, 0.1) is 40.2 Å². The summed E-state index contributed by atoms with van der Waals surface area (Å²) in [5.74, 6) is 0. The Kier molecular flexibility index (Phi) is 6.53. The van der Waals surface area contributed by atoms with Crippen molar-refractivity contribution in [2.45, 2.75) is 0 Å². The summed E-state index contributed by atoms with van der Waals surface area (Å²) >= 11 is 0. The number of hydrogen-bond donors (Lipinski definition) is 0. The van der Waals surface area contributed by atoms with E-state index in [1.807, 2.05) is 133 Å². The lowest BCUT2D eigenvalue weighted by atomic mass is 9.98. The maximum atomic E-state index is 9.89. The molecule has 0 atom stereocenters. The van der Waals surface area contributed by atoms with Gasteiger partial charge in [-0.1, -0.05) is 200 Å². The summed E-state index contributed by atoms with van der Waals surface area (Å²) in [5.41, 5.74) is 5.98. The number of anilines is 3. The van der Waals surface area contributed by atoms with E-state index in [2.05, 4.69) is 47.0 Å². The van der Waals surface area contributed by atoms with Gasteiger partial charge in [0.1, 0.15) is 11.2 Å². The Labute approximate surface area is 406 Å². The fourth-order valence-corrected chi connectivity index (χ4v) is 9.39. The van der Waals surface area contributed by atoms with Crippen molar-refractivity contribution in [3.8, 4) is 50.2 Å². The molecule has 0 N–H and O–H groups in total. The molecule has 11 aromatic carbocycles. The first-order valence-electron chi connectivity index (χ1n) is 28.4. The molecule has 0 spiro atoms. The highest BCUT2D eigenvalue weighted by molar-refractivity contribution is 6.18. The third-order valence-electron chi connectivity index (χ3n) is 12.4. The number of fused-ring (bicyclic) bond motifs is 8. The molecule has 2 aromatic heterocycles. The second-order valence-corrected chi connectivity index (χ2v) is 16.2. The van der Waals surface area contributed by atoms with E-state index in [-0.39, 0.29) is 5.69 Å². The average molecular weight is 868 g/mol. The molecule has 2 heterocycles. The Bertz CT molecular complexity index is 4640. The van der Waals surface area contributed by atoms with Gasteiger partial charge in [0.25, 0.3) is 0 Å². The van der Waals surface area contributed by atoms with Crippen LogP contribution in [0.3, 0.4) is 0 Å². The highest BCUT2D eigenvalue weighted by Gasteiger charge is 2.22. The van der Waals surface area contributed by atoms with E-state index in [0.717, 1.165) is 60.2 Å². The predicted molar refractivity (Wildman–Crippen MR) is 282 cm³/mol. The summed E-state index contributed by atoms with van der Waals surface area (Å²) in [4.78, 5) is 1.66. The molecule has 0 aliphatic carbocycles. The molecular weight excluding hydrogens is 813 g/mol. The summed E-state index contributed by atoms with van der Waals surface area (Å²) in [6.45, 7) is 0. The molecule has 3 heteroatoms. The normalized spacial score (nSPS) is 14.3. The van der Waals surface area contributed by atoms with Crippen LogP contribution in [0.4, 0.5) is 17.1 Å². The molecule has 0 bridgehead atoms. The van der Waals surface area contributed by atoms with Gasteiger partial charge in [0.15, 0.2) is 0 Å². The quantitative estimate of drug-likeness (QED) is 0.152. The first-order valence-corrected chi connectivity index (χ1v) is 21.9.